The number of hydrogen-bond acceptors (Lipinski definition) is 5. The van der Waals surface area contributed by atoms with Crippen LogP contribution in [0.25, 0.3) is 11.0 Å². The van der Waals surface area contributed by atoms with E-state index < -0.39 is 24.5 Å². The van der Waals surface area contributed by atoms with E-state index in [9.17, 15) is 10.2 Å². The number of ether oxygens (including phenoxy) is 1. The number of hydrogen-bond donors (Lipinski definition) is 3. The number of nitrogens with zero attached hydrogens (tertiary/aromatic N) is 2. The minimum Gasteiger partial charge on any atom is -0.387 e. The predicted molar refractivity (Wildman–Crippen MR) is 95.2 cm³/mol. The summed E-state index contributed by atoms with van der Waals surface area (Å²) in [5.41, 5.74) is 1.24. The number of imidazole rings is 1. The van der Waals surface area contributed by atoms with E-state index in [1.54, 1.807) is 16.7 Å². The molecule has 2 heterocycles. The monoisotopic (exact) mass is 393 g/mol. The standard InChI is InChI=1S/C15H18Cl3N3O3/c1-6(2)19-15-20-9-3-7(17)8(18)4-10(9)21(15)14-13(23)12(22)11(5-16)24-14/h3-4,6,11-14,22-23H,5H2,1-2H3,(H,19,20)/t11-,12-,13-,14-/m1/s1. The number of halogens is 3. The smallest absolute Gasteiger partial charge is 0.206 e. The minimum absolute atomic E-state index is 0.0703. The van der Waals surface area contributed by atoms with Gasteiger partial charge in [-0.2, -0.15) is 0 Å². The van der Waals surface area contributed by atoms with Crippen LogP contribution in [0.2, 0.25) is 10.0 Å². The van der Waals surface area contributed by atoms with Crippen LogP contribution in [0.5, 0.6) is 0 Å². The van der Waals surface area contributed by atoms with Crippen molar-refractivity contribution in [3.8, 4) is 0 Å². The zero-order valence-corrected chi connectivity index (χ0v) is 15.3. The second kappa shape index (κ2) is 6.86. The number of aliphatic hydroxyl groups is 2. The van der Waals surface area contributed by atoms with E-state index in [1.807, 2.05) is 13.8 Å². The van der Waals surface area contributed by atoms with Crippen molar-refractivity contribution in [1.29, 1.82) is 0 Å². The molecule has 0 saturated carbocycles. The summed E-state index contributed by atoms with van der Waals surface area (Å²) in [7, 11) is 0. The molecule has 0 bridgehead atoms. The van der Waals surface area contributed by atoms with Gasteiger partial charge in [0, 0.05) is 6.04 Å². The Labute approximate surface area is 154 Å². The van der Waals surface area contributed by atoms with Crippen LogP contribution < -0.4 is 5.32 Å². The van der Waals surface area contributed by atoms with Gasteiger partial charge >= 0.3 is 0 Å². The number of fused-ring (bicyclic) bond motifs is 1. The average molecular weight is 395 g/mol. The zero-order chi connectivity index (χ0) is 17.6. The summed E-state index contributed by atoms with van der Waals surface area (Å²) in [5.74, 6) is 0.561. The maximum absolute atomic E-state index is 10.4. The number of alkyl halides is 1. The number of aromatic nitrogens is 2. The highest BCUT2D eigenvalue weighted by Gasteiger charge is 2.44. The number of benzene rings is 1. The molecule has 0 radical (unpaired) electrons. The highest BCUT2D eigenvalue weighted by atomic mass is 35.5. The lowest BCUT2D eigenvalue weighted by atomic mass is 10.1. The molecule has 0 aliphatic carbocycles. The number of anilines is 1. The Hall–Kier alpha value is -0.760. The summed E-state index contributed by atoms with van der Waals surface area (Å²) in [4.78, 5) is 4.51. The second-order valence-electron chi connectivity index (χ2n) is 6.06. The van der Waals surface area contributed by atoms with Crippen molar-refractivity contribution in [1.82, 2.24) is 9.55 Å². The molecule has 0 spiro atoms. The van der Waals surface area contributed by atoms with Crippen LogP contribution >= 0.6 is 34.8 Å². The molecule has 9 heteroatoms. The van der Waals surface area contributed by atoms with E-state index in [2.05, 4.69) is 10.3 Å². The molecule has 1 fully saturated rings. The van der Waals surface area contributed by atoms with Gasteiger partial charge in [0.25, 0.3) is 0 Å². The number of nitrogens with one attached hydrogen (secondary N) is 1. The van der Waals surface area contributed by atoms with Gasteiger partial charge in [0.2, 0.25) is 5.95 Å². The van der Waals surface area contributed by atoms with Gasteiger partial charge in [0.15, 0.2) is 6.23 Å². The van der Waals surface area contributed by atoms with Crippen molar-refractivity contribution in [2.24, 2.45) is 0 Å². The summed E-state index contributed by atoms with van der Waals surface area (Å²) in [6.07, 6.45) is -3.74. The van der Waals surface area contributed by atoms with Gasteiger partial charge in [0.1, 0.15) is 18.3 Å². The molecule has 132 valence electrons. The first-order chi connectivity index (χ1) is 11.3. The van der Waals surface area contributed by atoms with E-state index >= 15 is 0 Å². The summed E-state index contributed by atoms with van der Waals surface area (Å²) >= 11 is 18.0. The Bertz CT molecular complexity index is 752. The van der Waals surface area contributed by atoms with Crippen molar-refractivity contribution < 1.29 is 14.9 Å². The lowest BCUT2D eigenvalue weighted by Crippen LogP contribution is -2.32. The summed E-state index contributed by atoms with van der Waals surface area (Å²) < 4.78 is 7.43. The molecule has 1 aliphatic rings. The Morgan fingerprint density at radius 3 is 2.50 bits per heavy atom. The maximum atomic E-state index is 10.4. The van der Waals surface area contributed by atoms with Crippen molar-refractivity contribution in [3.05, 3.63) is 22.2 Å². The third kappa shape index (κ3) is 3.07. The topological polar surface area (TPSA) is 79.5 Å². The molecular weight excluding hydrogens is 377 g/mol. The molecule has 0 unspecified atom stereocenters. The molecule has 4 atom stereocenters. The number of aliphatic hydroxyl groups excluding tert-OH is 2. The van der Waals surface area contributed by atoms with Gasteiger partial charge in [0.05, 0.1) is 27.0 Å². The van der Waals surface area contributed by atoms with Gasteiger partial charge in [-0.3, -0.25) is 4.57 Å². The van der Waals surface area contributed by atoms with E-state index in [4.69, 9.17) is 39.5 Å². The molecule has 6 nitrogen and oxygen atoms in total. The van der Waals surface area contributed by atoms with Gasteiger partial charge in [-0.15, -0.1) is 11.6 Å². The Balaban J connectivity index is 2.15. The Kier molecular flexibility index (Phi) is 5.16. The van der Waals surface area contributed by atoms with Crippen LogP contribution in [0.4, 0.5) is 5.95 Å². The van der Waals surface area contributed by atoms with Crippen LogP contribution in [-0.4, -0.2) is 50.0 Å². The lowest BCUT2D eigenvalue weighted by Gasteiger charge is -2.21. The molecule has 24 heavy (non-hydrogen) atoms. The predicted octanol–water partition coefficient (Wildman–Crippen LogP) is 3.02. The first-order valence-electron chi connectivity index (χ1n) is 7.54. The van der Waals surface area contributed by atoms with E-state index in [0.29, 0.717) is 27.0 Å². The maximum Gasteiger partial charge on any atom is 0.206 e. The average Bonchev–Trinajstić information content (AvgIpc) is 2.97. The van der Waals surface area contributed by atoms with E-state index in [0.717, 1.165) is 0 Å². The first-order valence-corrected chi connectivity index (χ1v) is 8.83. The van der Waals surface area contributed by atoms with Gasteiger partial charge < -0.3 is 20.3 Å². The van der Waals surface area contributed by atoms with Crippen LogP contribution in [0.1, 0.15) is 20.1 Å². The van der Waals surface area contributed by atoms with Crippen LogP contribution in [0, 0.1) is 0 Å². The second-order valence-corrected chi connectivity index (χ2v) is 7.18. The van der Waals surface area contributed by atoms with Crippen LogP contribution in [0.3, 0.4) is 0 Å². The lowest BCUT2D eigenvalue weighted by molar-refractivity contribution is -0.0276. The first kappa shape index (κ1) is 18.0. The molecule has 2 aromatic rings. The number of rotatable bonds is 4. The van der Waals surface area contributed by atoms with Crippen molar-refractivity contribution in [2.75, 3.05) is 11.2 Å². The molecule has 1 saturated heterocycles. The largest absolute Gasteiger partial charge is 0.387 e. The SMILES string of the molecule is CC(C)Nc1nc2cc(Cl)c(Cl)cc2n1[C@@H]1O[C@H](CCl)[C@@H](O)[C@H]1O. The summed E-state index contributed by atoms with van der Waals surface area (Å²) in [6, 6.07) is 3.41. The van der Waals surface area contributed by atoms with Crippen LogP contribution in [-0.2, 0) is 4.74 Å². The Morgan fingerprint density at radius 1 is 1.25 bits per heavy atom. The molecule has 0 amide bonds. The fourth-order valence-corrected chi connectivity index (χ4v) is 3.35. The van der Waals surface area contributed by atoms with Gasteiger partial charge in [-0.05, 0) is 26.0 Å². The van der Waals surface area contributed by atoms with Gasteiger partial charge in [-0.1, -0.05) is 23.2 Å². The molecule has 1 aliphatic heterocycles. The van der Waals surface area contributed by atoms with Crippen LogP contribution in [0.15, 0.2) is 12.1 Å². The highest BCUT2D eigenvalue weighted by Crippen LogP contribution is 2.37. The summed E-state index contributed by atoms with van der Waals surface area (Å²) in [6.45, 7) is 3.93. The van der Waals surface area contributed by atoms with E-state index in [1.165, 1.54) is 0 Å². The normalized spacial score (nSPS) is 27.3. The highest BCUT2D eigenvalue weighted by molar-refractivity contribution is 6.42. The van der Waals surface area contributed by atoms with Crippen molar-refractivity contribution in [3.63, 3.8) is 0 Å². The van der Waals surface area contributed by atoms with Crippen molar-refractivity contribution >= 4 is 51.8 Å². The summed E-state index contributed by atoms with van der Waals surface area (Å²) in [5, 5.41) is 24.5. The molecule has 3 N–H and O–H groups in total. The minimum atomic E-state index is -1.15. The zero-order valence-electron chi connectivity index (χ0n) is 13.1. The Morgan fingerprint density at radius 2 is 1.92 bits per heavy atom. The third-order valence-electron chi connectivity index (χ3n) is 3.89. The van der Waals surface area contributed by atoms with E-state index in [-0.39, 0.29) is 11.9 Å². The molecular formula is C15H18Cl3N3O3. The fraction of sp³-hybridized carbons (Fsp3) is 0.533. The molecule has 1 aromatic heterocycles. The molecule has 1 aromatic carbocycles. The van der Waals surface area contributed by atoms with Gasteiger partial charge in [-0.25, -0.2) is 4.98 Å². The quantitative estimate of drug-likeness (QED) is 0.695. The molecule has 3 rings (SSSR count). The third-order valence-corrected chi connectivity index (χ3v) is 4.92. The van der Waals surface area contributed by atoms with Crippen molar-refractivity contribution in [2.45, 2.75) is 44.4 Å². The fourth-order valence-electron chi connectivity index (χ4n) is 2.78.